The summed E-state index contributed by atoms with van der Waals surface area (Å²) in [5.74, 6) is -0.436. The fourth-order valence-electron chi connectivity index (χ4n) is 4.12. The van der Waals surface area contributed by atoms with E-state index >= 15 is 0 Å². The Labute approximate surface area is 191 Å². The zero-order valence-corrected chi connectivity index (χ0v) is 19.5. The number of nitrogens with zero attached hydrogens (tertiary/aromatic N) is 2. The summed E-state index contributed by atoms with van der Waals surface area (Å²) in [5.41, 5.74) is 3.84. The summed E-state index contributed by atoms with van der Waals surface area (Å²) in [7, 11) is 0. The average Bonchev–Trinajstić information content (AvgIpc) is 3.47. The van der Waals surface area contributed by atoms with Crippen LogP contribution in [0.15, 0.2) is 62.8 Å². The summed E-state index contributed by atoms with van der Waals surface area (Å²) in [6.07, 6.45) is 1.92. The second-order valence-corrected chi connectivity index (χ2v) is 9.52. The zero-order chi connectivity index (χ0) is 22.4. The molecule has 1 aromatic carbocycles. The van der Waals surface area contributed by atoms with E-state index in [-0.39, 0.29) is 12.2 Å². The molecule has 0 saturated carbocycles. The Morgan fingerprint density at radius 2 is 2.06 bits per heavy atom. The van der Waals surface area contributed by atoms with E-state index < -0.39 is 12.0 Å². The number of carbonyl (C=O) groups is 1. The minimum absolute atomic E-state index is 0.161. The number of carbonyl (C=O) groups excluding carboxylic acids is 1. The quantitative estimate of drug-likeness (QED) is 0.470. The summed E-state index contributed by atoms with van der Waals surface area (Å²) in [6, 6.07) is 11.3. The van der Waals surface area contributed by atoms with E-state index in [1.807, 2.05) is 54.8 Å². The van der Waals surface area contributed by atoms with E-state index in [0.717, 1.165) is 27.0 Å². The molecule has 8 heteroatoms. The number of H-pyrrole nitrogens is 1. The van der Waals surface area contributed by atoms with Gasteiger partial charge in [-0.1, -0.05) is 35.6 Å². The predicted molar refractivity (Wildman–Crippen MR) is 128 cm³/mol. The fourth-order valence-corrected chi connectivity index (χ4v) is 5.97. The van der Waals surface area contributed by atoms with Crippen LogP contribution in [-0.2, 0) is 9.53 Å². The molecule has 0 bridgehead atoms. The third kappa shape index (κ3) is 3.27. The first-order valence-corrected chi connectivity index (χ1v) is 12.0. The molecule has 6 nitrogen and oxygen atoms in total. The highest BCUT2D eigenvalue weighted by molar-refractivity contribution is 7.10. The van der Waals surface area contributed by atoms with Crippen molar-refractivity contribution in [2.45, 2.75) is 26.8 Å². The molecule has 1 aliphatic rings. The minimum Gasteiger partial charge on any atom is -0.463 e. The van der Waals surface area contributed by atoms with Crippen LogP contribution in [0, 0.1) is 6.92 Å². The highest BCUT2D eigenvalue weighted by atomic mass is 32.1. The molecule has 1 N–H and O–H groups in total. The average molecular weight is 464 g/mol. The van der Waals surface area contributed by atoms with Crippen LogP contribution in [0.4, 0.5) is 0 Å². The van der Waals surface area contributed by atoms with Gasteiger partial charge in [-0.25, -0.2) is 9.79 Å². The number of thiazole rings is 1. The van der Waals surface area contributed by atoms with E-state index in [9.17, 15) is 9.59 Å². The normalized spacial score (nSPS) is 16.3. The lowest BCUT2D eigenvalue weighted by atomic mass is 10.0. The predicted octanol–water partition coefficient (Wildman–Crippen LogP) is 3.65. The van der Waals surface area contributed by atoms with Crippen LogP contribution in [0.5, 0.6) is 0 Å². The van der Waals surface area contributed by atoms with Gasteiger partial charge in [-0.05, 0) is 44.4 Å². The number of esters is 1. The number of aromatic nitrogens is 2. The molecule has 1 atom stereocenters. The number of aromatic amines is 1. The maximum absolute atomic E-state index is 13.6. The molecule has 0 radical (unpaired) electrons. The molecule has 4 aromatic rings. The monoisotopic (exact) mass is 463 g/mol. The lowest BCUT2D eigenvalue weighted by Crippen LogP contribution is -2.39. The molecular weight excluding hydrogens is 442 g/mol. The lowest BCUT2D eigenvalue weighted by Gasteiger charge is -2.23. The molecule has 3 aromatic heterocycles. The van der Waals surface area contributed by atoms with E-state index in [1.165, 1.54) is 22.7 Å². The zero-order valence-electron chi connectivity index (χ0n) is 17.8. The molecule has 5 rings (SSSR count). The Bertz CT molecular complexity index is 1550. The largest absolute Gasteiger partial charge is 0.463 e. The Hall–Kier alpha value is -3.23. The Kier molecular flexibility index (Phi) is 5.19. The van der Waals surface area contributed by atoms with E-state index in [0.29, 0.717) is 20.6 Å². The van der Waals surface area contributed by atoms with Gasteiger partial charge in [0.25, 0.3) is 5.56 Å². The maximum atomic E-state index is 13.6. The number of hydrogen-bond acceptors (Lipinski definition) is 6. The molecule has 4 heterocycles. The van der Waals surface area contributed by atoms with Crippen molar-refractivity contribution >= 4 is 45.6 Å². The molecule has 32 heavy (non-hydrogen) atoms. The Morgan fingerprint density at radius 1 is 1.25 bits per heavy atom. The molecular formula is C24H21N3O3S2. The summed E-state index contributed by atoms with van der Waals surface area (Å²) in [6.45, 7) is 5.83. The fraction of sp³-hybridized carbons (Fsp3) is 0.208. The van der Waals surface area contributed by atoms with Crippen LogP contribution in [0.2, 0.25) is 0 Å². The number of hydrogen-bond donors (Lipinski definition) is 1. The number of rotatable bonds is 4. The summed E-state index contributed by atoms with van der Waals surface area (Å²) in [4.78, 5) is 35.9. The van der Waals surface area contributed by atoms with Gasteiger partial charge in [-0.3, -0.25) is 9.36 Å². The van der Waals surface area contributed by atoms with Crippen LogP contribution in [0.25, 0.3) is 17.0 Å². The molecule has 0 aliphatic carbocycles. The molecule has 0 fully saturated rings. The first kappa shape index (κ1) is 20.7. The number of ether oxygens (including phenoxy) is 1. The van der Waals surface area contributed by atoms with Crippen molar-refractivity contribution in [2.24, 2.45) is 4.99 Å². The summed E-state index contributed by atoms with van der Waals surface area (Å²) in [5, 5.41) is 3.01. The molecule has 0 saturated heterocycles. The molecule has 162 valence electrons. The summed E-state index contributed by atoms with van der Waals surface area (Å²) >= 11 is 2.85. The van der Waals surface area contributed by atoms with Gasteiger partial charge in [-0.2, -0.15) is 0 Å². The lowest BCUT2D eigenvalue weighted by molar-refractivity contribution is -0.139. The van der Waals surface area contributed by atoms with Crippen LogP contribution >= 0.6 is 22.7 Å². The van der Waals surface area contributed by atoms with Crippen molar-refractivity contribution < 1.29 is 9.53 Å². The van der Waals surface area contributed by atoms with Crippen molar-refractivity contribution in [3.63, 3.8) is 0 Å². The third-order valence-corrected chi connectivity index (χ3v) is 7.46. The Balaban J connectivity index is 1.75. The standard InChI is InChI=1S/C24H21N3O3S2/c1-4-30-23(29)20-14(3)26-24-27(21(20)18-10-7-11-31-18)22(28)19(32-24)12-16-13(2)25-17-9-6-5-8-15(16)17/h5-12,21,25H,4H2,1-3H3/b19-12+. The van der Waals surface area contributed by atoms with E-state index in [1.54, 1.807) is 18.4 Å². The van der Waals surface area contributed by atoms with Gasteiger partial charge < -0.3 is 9.72 Å². The molecule has 0 spiro atoms. The molecule has 0 amide bonds. The van der Waals surface area contributed by atoms with Gasteiger partial charge in [0.15, 0.2) is 4.80 Å². The second kappa shape index (κ2) is 8.03. The van der Waals surface area contributed by atoms with Gasteiger partial charge in [-0.15, -0.1) is 11.3 Å². The maximum Gasteiger partial charge on any atom is 0.338 e. The SMILES string of the molecule is CCOC(=O)C1=C(C)N=c2s/c(=C/c3c(C)[nH]c4ccccc34)c(=O)n2C1c1cccs1. The number of fused-ring (bicyclic) bond motifs is 2. The topological polar surface area (TPSA) is 76.4 Å². The number of para-hydroxylation sites is 1. The van der Waals surface area contributed by atoms with Crippen LogP contribution in [0.1, 0.15) is 36.0 Å². The van der Waals surface area contributed by atoms with Crippen molar-refractivity contribution in [2.75, 3.05) is 6.61 Å². The first-order valence-electron chi connectivity index (χ1n) is 10.3. The van der Waals surface area contributed by atoms with E-state index in [2.05, 4.69) is 9.98 Å². The van der Waals surface area contributed by atoms with Crippen molar-refractivity contribution in [1.29, 1.82) is 0 Å². The smallest absolute Gasteiger partial charge is 0.338 e. The minimum atomic E-state index is -0.545. The van der Waals surface area contributed by atoms with Gasteiger partial charge in [0, 0.05) is 27.0 Å². The van der Waals surface area contributed by atoms with Crippen molar-refractivity contribution in [3.05, 3.63) is 88.9 Å². The number of aryl methyl sites for hydroxylation is 1. The van der Waals surface area contributed by atoms with Gasteiger partial charge in [0.05, 0.1) is 22.4 Å². The number of benzene rings is 1. The van der Waals surface area contributed by atoms with Crippen LogP contribution in [-0.4, -0.2) is 22.1 Å². The van der Waals surface area contributed by atoms with Gasteiger partial charge >= 0.3 is 5.97 Å². The number of allylic oxidation sites excluding steroid dienone is 1. The Morgan fingerprint density at radius 3 is 2.81 bits per heavy atom. The number of thiophene rings is 1. The van der Waals surface area contributed by atoms with Gasteiger partial charge in [0.2, 0.25) is 0 Å². The summed E-state index contributed by atoms with van der Waals surface area (Å²) < 4.78 is 7.53. The number of nitrogens with one attached hydrogen (secondary N) is 1. The van der Waals surface area contributed by atoms with Gasteiger partial charge in [0.1, 0.15) is 6.04 Å². The first-order chi connectivity index (χ1) is 15.5. The van der Waals surface area contributed by atoms with Crippen molar-refractivity contribution in [1.82, 2.24) is 9.55 Å². The second-order valence-electron chi connectivity index (χ2n) is 7.53. The molecule has 1 aliphatic heterocycles. The highest BCUT2D eigenvalue weighted by Gasteiger charge is 2.33. The van der Waals surface area contributed by atoms with Crippen molar-refractivity contribution in [3.8, 4) is 0 Å². The highest BCUT2D eigenvalue weighted by Crippen LogP contribution is 2.33. The van der Waals surface area contributed by atoms with Crippen LogP contribution < -0.4 is 14.9 Å². The molecule has 1 unspecified atom stereocenters. The van der Waals surface area contributed by atoms with E-state index in [4.69, 9.17) is 4.74 Å². The van der Waals surface area contributed by atoms with Crippen LogP contribution in [0.3, 0.4) is 0 Å². The third-order valence-electron chi connectivity index (χ3n) is 5.55.